The number of halogens is 5. The molecule has 9 nitrogen and oxygen atoms in total. The normalized spacial score (nSPS) is 19.1. The Bertz CT molecular complexity index is 1370. The maximum Gasteiger partial charge on any atom is 0.451 e. The van der Waals surface area contributed by atoms with Gasteiger partial charge in [-0.15, -0.1) is 0 Å². The first-order chi connectivity index (χ1) is 20.0. The fourth-order valence-electron chi connectivity index (χ4n) is 5.42. The Morgan fingerprint density at radius 3 is 2.33 bits per heavy atom. The number of aromatic nitrogens is 3. The number of nitrogens with one attached hydrogen (secondary N) is 1. The summed E-state index contributed by atoms with van der Waals surface area (Å²) >= 11 is 0. The minimum atomic E-state index is -4.72. The van der Waals surface area contributed by atoms with Crippen LogP contribution >= 0.6 is 0 Å². The molecule has 5 rings (SSSR count). The molecule has 1 amide bonds. The first-order valence-corrected chi connectivity index (χ1v) is 13.8. The zero-order valence-electron chi connectivity index (χ0n) is 22.8. The van der Waals surface area contributed by atoms with Gasteiger partial charge in [-0.2, -0.15) is 13.2 Å². The van der Waals surface area contributed by atoms with Gasteiger partial charge in [0, 0.05) is 94.1 Å². The van der Waals surface area contributed by atoms with Crippen LogP contribution in [0.2, 0.25) is 0 Å². The number of carbonyl (C=O) groups excluding carboxylic acids is 1. The Morgan fingerprint density at radius 1 is 1.00 bits per heavy atom. The van der Waals surface area contributed by atoms with Crippen molar-refractivity contribution in [2.24, 2.45) is 0 Å². The summed E-state index contributed by atoms with van der Waals surface area (Å²) in [6, 6.07) is 8.19. The highest BCUT2D eigenvalue weighted by atomic mass is 19.4. The number of pyridine rings is 1. The van der Waals surface area contributed by atoms with E-state index in [0.717, 1.165) is 44.4 Å². The van der Waals surface area contributed by atoms with Gasteiger partial charge in [0.25, 0.3) is 11.8 Å². The van der Waals surface area contributed by atoms with Crippen molar-refractivity contribution in [3.63, 3.8) is 0 Å². The lowest BCUT2D eigenvalue weighted by Gasteiger charge is -2.37. The van der Waals surface area contributed by atoms with Crippen molar-refractivity contribution in [2.75, 3.05) is 63.9 Å². The van der Waals surface area contributed by atoms with E-state index in [4.69, 9.17) is 10.1 Å². The SMILES string of the molecule is O=C(NCC(c1cnc(C(F)(F)F)nc1)N1CCC(F)(F)CC1)c1cccc2nc(N3CCN(CCO)CC3)ccc12. The Balaban J connectivity index is 1.32. The molecule has 0 spiro atoms. The van der Waals surface area contributed by atoms with Gasteiger partial charge >= 0.3 is 6.18 Å². The minimum absolute atomic E-state index is 0.00375. The molecule has 1 unspecified atom stereocenters. The Kier molecular flexibility index (Phi) is 8.85. The van der Waals surface area contributed by atoms with E-state index in [1.54, 1.807) is 17.0 Å². The quantitative estimate of drug-likeness (QED) is 0.384. The van der Waals surface area contributed by atoms with Gasteiger partial charge in [0.1, 0.15) is 5.82 Å². The van der Waals surface area contributed by atoms with Crippen LogP contribution in [0, 0.1) is 0 Å². The third-order valence-corrected chi connectivity index (χ3v) is 7.81. The predicted molar refractivity (Wildman–Crippen MR) is 145 cm³/mol. The first-order valence-electron chi connectivity index (χ1n) is 13.8. The molecule has 0 saturated carbocycles. The van der Waals surface area contributed by atoms with Gasteiger partial charge < -0.3 is 15.3 Å². The van der Waals surface area contributed by atoms with Crippen molar-refractivity contribution in [1.29, 1.82) is 0 Å². The molecule has 42 heavy (non-hydrogen) atoms. The Labute approximate surface area is 239 Å². The maximum atomic E-state index is 13.8. The van der Waals surface area contributed by atoms with E-state index in [0.29, 0.717) is 23.0 Å². The molecule has 0 aliphatic carbocycles. The van der Waals surface area contributed by atoms with Crippen LogP contribution in [0.15, 0.2) is 42.7 Å². The second-order valence-electron chi connectivity index (χ2n) is 10.5. The van der Waals surface area contributed by atoms with E-state index in [1.807, 2.05) is 18.2 Å². The van der Waals surface area contributed by atoms with Gasteiger partial charge in [0.2, 0.25) is 5.82 Å². The average molecular weight is 594 g/mol. The average Bonchev–Trinajstić information content (AvgIpc) is 2.97. The molecule has 2 N–H and O–H groups in total. The summed E-state index contributed by atoms with van der Waals surface area (Å²) in [6.45, 7) is 3.85. The van der Waals surface area contributed by atoms with Gasteiger partial charge in [-0.1, -0.05) is 6.07 Å². The van der Waals surface area contributed by atoms with Crippen molar-refractivity contribution in [3.8, 4) is 0 Å². The highest BCUT2D eigenvalue weighted by Gasteiger charge is 2.38. The smallest absolute Gasteiger partial charge is 0.395 e. The number of alkyl halides is 5. The van der Waals surface area contributed by atoms with Crippen molar-refractivity contribution < 1.29 is 31.9 Å². The molecule has 2 aromatic heterocycles. The topological polar surface area (TPSA) is 97.7 Å². The molecular weight excluding hydrogens is 561 g/mol. The van der Waals surface area contributed by atoms with Crippen LogP contribution in [0.3, 0.4) is 0 Å². The number of piperazine rings is 1. The summed E-state index contributed by atoms with van der Waals surface area (Å²) in [7, 11) is 0. The predicted octanol–water partition coefficient (Wildman–Crippen LogP) is 3.36. The number of hydrogen-bond donors (Lipinski definition) is 2. The van der Waals surface area contributed by atoms with Gasteiger partial charge in [-0.25, -0.2) is 23.7 Å². The molecule has 0 bridgehead atoms. The van der Waals surface area contributed by atoms with Gasteiger partial charge in [0.15, 0.2) is 0 Å². The van der Waals surface area contributed by atoms with Crippen LogP contribution in [-0.4, -0.2) is 101 Å². The van der Waals surface area contributed by atoms with E-state index in [9.17, 15) is 26.7 Å². The lowest BCUT2D eigenvalue weighted by atomic mass is 10.0. The number of β-amino-alcohol motifs (C(OH)–C–C–N with tert-alkyl or cyclic N) is 1. The fourth-order valence-corrected chi connectivity index (χ4v) is 5.42. The van der Waals surface area contributed by atoms with Gasteiger partial charge in [0.05, 0.1) is 18.2 Å². The third-order valence-electron chi connectivity index (χ3n) is 7.81. The molecule has 1 aromatic carbocycles. The van der Waals surface area contributed by atoms with Crippen LogP contribution in [-0.2, 0) is 6.18 Å². The first kappa shape index (κ1) is 30.0. The summed E-state index contributed by atoms with van der Waals surface area (Å²) in [5.41, 5.74) is 1.28. The fraction of sp³-hybridized carbons (Fsp3) is 0.500. The highest BCUT2D eigenvalue weighted by Crippen LogP contribution is 2.33. The molecule has 2 aliphatic heterocycles. The zero-order valence-corrected chi connectivity index (χ0v) is 22.8. The number of amides is 1. The van der Waals surface area contributed by atoms with Crippen molar-refractivity contribution in [1.82, 2.24) is 30.1 Å². The number of carbonyl (C=O) groups is 1. The summed E-state index contributed by atoms with van der Waals surface area (Å²) in [5.74, 6) is -3.75. The second kappa shape index (κ2) is 12.4. The van der Waals surface area contributed by atoms with Crippen LogP contribution in [0.5, 0.6) is 0 Å². The Morgan fingerprint density at radius 2 is 1.69 bits per heavy atom. The van der Waals surface area contributed by atoms with Crippen molar-refractivity contribution in [2.45, 2.75) is 31.0 Å². The number of anilines is 1. The van der Waals surface area contributed by atoms with E-state index in [1.165, 1.54) is 0 Å². The van der Waals surface area contributed by atoms with E-state index in [-0.39, 0.29) is 31.8 Å². The summed E-state index contributed by atoms with van der Waals surface area (Å²) in [5, 5.41) is 12.6. The van der Waals surface area contributed by atoms with Crippen LogP contribution in [0.25, 0.3) is 10.9 Å². The number of hydrogen-bond acceptors (Lipinski definition) is 8. The Hall–Kier alpha value is -3.49. The van der Waals surface area contributed by atoms with Crippen LogP contribution < -0.4 is 10.2 Å². The third kappa shape index (κ3) is 6.93. The number of aliphatic hydroxyl groups excluding tert-OH is 1. The van der Waals surface area contributed by atoms with Gasteiger partial charge in [-0.3, -0.25) is 14.6 Å². The molecule has 1 atom stereocenters. The molecule has 226 valence electrons. The van der Waals surface area contributed by atoms with E-state index >= 15 is 0 Å². The second-order valence-corrected chi connectivity index (χ2v) is 10.5. The van der Waals surface area contributed by atoms with Gasteiger partial charge in [-0.05, 0) is 24.3 Å². The summed E-state index contributed by atoms with van der Waals surface area (Å²) in [4.78, 5) is 31.0. The molecule has 2 aliphatic rings. The molecule has 14 heteroatoms. The van der Waals surface area contributed by atoms with Crippen LogP contribution in [0.1, 0.15) is 40.6 Å². The number of piperidine rings is 1. The molecule has 4 heterocycles. The zero-order chi connectivity index (χ0) is 29.9. The molecule has 2 saturated heterocycles. The number of rotatable bonds is 8. The number of likely N-dealkylation sites (tertiary alicyclic amines) is 1. The molecule has 2 fully saturated rings. The number of benzene rings is 1. The van der Waals surface area contributed by atoms with E-state index < -0.39 is 42.7 Å². The molecule has 0 radical (unpaired) electrons. The lowest BCUT2D eigenvalue weighted by molar-refractivity contribution is -0.145. The molecule has 3 aromatic rings. The van der Waals surface area contributed by atoms with E-state index in [2.05, 4.69) is 25.1 Å². The largest absolute Gasteiger partial charge is 0.451 e. The minimum Gasteiger partial charge on any atom is -0.395 e. The molecular formula is C28H32F5N7O2. The van der Waals surface area contributed by atoms with Crippen molar-refractivity contribution >= 4 is 22.6 Å². The highest BCUT2D eigenvalue weighted by molar-refractivity contribution is 6.06. The number of fused-ring (bicyclic) bond motifs is 1. The van der Waals surface area contributed by atoms with Crippen LogP contribution in [0.4, 0.5) is 27.8 Å². The summed E-state index contributed by atoms with van der Waals surface area (Å²) in [6.07, 6.45) is -3.44. The summed E-state index contributed by atoms with van der Waals surface area (Å²) < 4.78 is 66.7. The standard InChI is InChI=1S/C28H32F5N7O2/c29-27(30)6-8-39(9-7-27)23(19-16-35-26(36-17-19)28(31,32)33)18-34-25(42)21-2-1-3-22-20(21)4-5-24(37-22)40-12-10-38(11-13-40)14-15-41/h1-5,16-17,23,41H,6-15,18H2,(H,34,42). The van der Waals surface area contributed by atoms with Crippen molar-refractivity contribution in [3.05, 3.63) is 59.7 Å². The number of aliphatic hydroxyl groups is 1. The number of nitrogens with zero attached hydrogens (tertiary/aromatic N) is 6. The lowest BCUT2D eigenvalue weighted by Crippen LogP contribution is -2.47. The maximum absolute atomic E-state index is 13.8. The monoisotopic (exact) mass is 593 g/mol.